The number of phosphoric acid groups is 1. The summed E-state index contributed by atoms with van der Waals surface area (Å²) < 4.78 is 31.3. The molecule has 0 aliphatic rings. The Morgan fingerprint density at radius 2 is 1.05 bits per heavy atom. The van der Waals surface area contributed by atoms with Gasteiger partial charge in [0.05, 0.1) is 19.8 Å². The Balaban J connectivity index is 3.65. The van der Waals surface area contributed by atoms with E-state index in [1.807, 2.05) is 0 Å². The number of hydrogen-bond donors (Lipinski definition) is 3. The van der Waals surface area contributed by atoms with Crippen LogP contribution in [0.5, 0.6) is 0 Å². The number of aliphatic hydroxyl groups excluding tert-OH is 2. The first-order valence-electron chi connectivity index (χ1n) is 16.9. The number of aliphatic hydroxyl groups is 2. The maximum absolute atomic E-state index is 12.1. The standard InChI is InChI=1S/C32H63O10P/c1-3-4-5-6-7-8-9-10-11-12-13-14-15-16-17-18-19-20-21-22-23-24-32(36)39-27-31(42-29(2)34)28-41-43(37,38)40-26-30(35)25-33/h30-31,33,35H,3-28H2,1-2H3,(H,37,38)/t30-,31+/m0/s1. The Morgan fingerprint density at radius 3 is 1.44 bits per heavy atom. The van der Waals surface area contributed by atoms with Gasteiger partial charge < -0.3 is 24.6 Å². The number of carbonyl (C=O) groups is 2. The number of rotatable bonds is 32. The van der Waals surface area contributed by atoms with Crippen molar-refractivity contribution < 1.29 is 47.8 Å². The van der Waals surface area contributed by atoms with E-state index in [0.29, 0.717) is 6.42 Å². The lowest BCUT2D eigenvalue weighted by Gasteiger charge is -2.19. The summed E-state index contributed by atoms with van der Waals surface area (Å²) in [6.45, 7) is 1.29. The van der Waals surface area contributed by atoms with Crippen LogP contribution in [0.15, 0.2) is 0 Å². The van der Waals surface area contributed by atoms with Crippen molar-refractivity contribution in [2.75, 3.05) is 26.4 Å². The van der Waals surface area contributed by atoms with Gasteiger partial charge in [-0.3, -0.25) is 18.6 Å². The van der Waals surface area contributed by atoms with Crippen molar-refractivity contribution in [3.8, 4) is 0 Å². The molecule has 0 spiro atoms. The lowest BCUT2D eigenvalue weighted by molar-refractivity contribution is -0.159. The number of esters is 2. The monoisotopic (exact) mass is 638 g/mol. The highest BCUT2D eigenvalue weighted by Crippen LogP contribution is 2.43. The molecule has 0 aromatic rings. The number of ether oxygens (including phenoxy) is 2. The van der Waals surface area contributed by atoms with E-state index in [2.05, 4.69) is 11.4 Å². The molecule has 1 unspecified atom stereocenters. The zero-order valence-electron chi connectivity index (χ0n) is 27.2. The summed E-state index contributed by atoms with van der Waals surface area (Å²) in [7, 11) is -4.56. The van der Waals surface area contributed by atoms with E-state index < -0.39 is 51.8 Å². The van der Waals surface area contributed by atoms with Gasteiger partial charge in [0.2, 0.25) is 0 Å². The minimum atomic E-state index is -4.56. The molecule has 10 nitrogen and oxygen atoms in total. The lowest BCUT2D eigenvalue weighted by Crippen LogP contribution is -2.29. The number of hydrogen-bond acceptors (Lipinski definition) is 9. The summed E-state index contributed by atoms with van der Waals surface area (Å²) in [5, 5.41) is 17.9. The highest BCUT2D eigenvalue weighted by molar-refractivity contribution is 7.47. The molecule has 0 aromatic heterocycles. The average molecular weight is 639 g/mol. The maximum Gasteiger partial charge on any atom is 0.472 e. The molecule has 0 bridgehead atoms. The molecule has 3 N–H and O–H groups in total. The molecule has 0 amide bonds. The number of carbonyl (C=O) groups excluding carboxylic acids is 2. The van der Waals surface area contributed by atoms with Crippen molar-refractivity contribution >= 4 is 19.8 Å². The molecule has 0 aliphatic heterocycles. The molecule has 0 rings (SSSR count). The van der Waals surface area contributed by atoms with Gasteiger partial charge in [-0.05, 0) is 6.42 Å². The fourth-order valence-corrected chi connectivity index (χ4v) is 5.55. The fraction of sp³-hybridized carbons (Fsp3) is 0.938. The van der Waals surface area contributed by atoms with Gasteiger partial charge in [-0.1, -0.05) is 135 Å². The Bertz CT molecular complexity index is 706. The Morgan fingerprint density at radius 1 is 0.651 bits per heavy atom. The van der Waals surface area contributed by atoms with Gasteiger partial charge in [-0.15, -0.1) is 0 Å². The molecule has 3 atom stereocenters. The van der Waals surface area contributed by atoms with E-state index in [1.165, 1.54) is 109 Å². The molecule has 11 heteroatoms. The molecule has 0 aliphatic carbocycles. The number of unbranched alkanes of at least 4 members (excludes halogenated alkanes) is 20. The van der Waals surface area contributed by atoms with Gasteiger partial charge in [0.1, 0.15) is 12.7 Å². The Hall–Kier alpha value is -1.03. The molecule has 0 radical (unpaired) electrons. The summed E-state index contributed by atoms with van der Waals surface area (Å²) in [6, 6.07) is 0. The van der Waals surface area contributed by atoms with Crippen LogP contribution in [0.1, 0.15) is 155 Å². The quantitative estimate of drug-likeness (QED) is 0.0383. The summed E-state index contributed by atoms with van der Waals surface area (Å²) in [6.07, 6.45) is 25.0. The molecule has 0 heterocycles. The first-order chi connectivity index (χ1) is 20.7. The van der Waals surface area contributed by atoms with Crippen molar-refractivity contribution in [2.45, 2.75) is 167 Å². The van der Waals surface area contributed by atoms with Crippen LogP contribution in [0.4, 0.5) is 0 Å². The van der Waals surface area contributed by atoms with Gasteiger partial charge in [0, 0.05) is 13.3 Å². The van der Waals surface area contributed by atoms with Gasteiger partial charge in [-0.2, -0.15) is 0 Å². The topological polar surface area (TPSA) is 149 Å². The maximum atomic E-state index is 12.1. The average Bonchev–Trinajstić information content (AvgIpc) is 2.97. The predicted molar refractivity (Wildman–Crippen MR) is 169 cm³/mol. The minimum absolute atomic E-state index is 0.243. The Labute approximate surface area is 261 Å². The van der Waals surface area contributed by atoms with Crippen molar-refractivity contribution in [3.63, 3.8) is 0 Å². The van der Waals surface area contributed by atoms with E-state index in [0.717, 1.165) is 26.2 Å². The number of phosphoric ester groups is 1. The zero-order valence-corrected chi connectivity index (χ0v) is 28.1. The molecule has 0 fully saturated rings. The third-order valence-electron chi connectivity index (χ3n) is 7.31. The second kappa shape index (κ2) is 29.7. The second-order valence-electron chi connectivity index (χ2n) is 11.6. The minimum Gasteiger partial charge on any atom is -0.462 e. The molecular formula is C32H63O10P. The van der Waals surface area contributed by atoms with Crippen LogP contribution in [-0.4, -0.2) is 65.7 Å². The van der Waals surface area contributed by atoms with Crippen molar-refractivity contribution in [1.29, 1.82) is 0 Å². The van der Waals surface area contributed by atoms with E-state index in [9.17, 15) is 24.2 Å². The smallest absolute Gasteiger partial charge is 0.462 e. The van der Waals surface area contributed by atoms with Crippen LogP contribution >= 0.6 is 7.82 Å². The van der Waals surface area contributed by atoms with E-state index in [-0.39, 0.29) is 13.0 Å². The first-order valence-corrected chi connectivity index (χ1v) is 18.4. The van der Waals surface area contributed by atoms with Crippen molar-refractivity contribution in [3.05, 3.63) is 0 Å². The molecular weight excluding hydrogens is 575 g/mol. The second-order valence-corrected chi connectivity index (χ2v) is 13.1. The first kappa shape index (κ1) is 42.0. The summed E-state index contributed by atoms with van der Waals surface area (Å²) in [4.78, 5) is 33.0. The normalized spacial score (nSPS) is 14.3. The highest BCUT2D eigenvalue weighted by atomic mass is 31.2. The largest absolute Gasteiger partial charge is 0.472 e. The van der Waals surface area contributed by atoms with E-state index >= 15 is 0 Å². The summed E-state index contributed by atoms with van der Waals surface area (Å²) in [5.41, 5.74) is 0. The van der Waals surface area contributed by atoms with Crippen LogP contribution in [0.25, 0.3) is 0 Å². The molecule has 256 valence electrons. The van der Waals surface area contributed by atoms with Crippen LogP contribution in [-0.2, 0) is 32.7 Å². The third-order valence-corrected chi connectivity index (χ3v) is 8.26. The van der Waals surface area contributed by atoms with E-state index in [1.54, 1.807) is 0 Å². The highest BCUT2D eigenvalue weighted by Gasteiger charge is 2.26. The van der Waals surface area contributed by atoms with Gasteiger partial charge >= 0.3 is 19.8 Å². The zero-order chi connectivity index (χ0) is 32.0. The van der Waals surface area contributed by atoms with Gasteiger partial charge in [-0.25, -0.2) is 4.57 Å². The Kier molecular flexibility index (Phi) is 29.0. The van der Waals surface area contributed by atoms with Gasteiger partial charge in [0.15, 0.2) is 6.10 Å². The van der Waals surface area contributed by atoms with Crippen LogP contribution in [0.2, 0.25) is 0 Å². The SMILES string of the molecule is CCCCCCCCCCCCCCCCCCCCCCCC(=O)OC[C@H](COP(=O)(O)OC[C@@H](O)CO)OC(C)=O. The predicted octanol–water partition coefficient (Wildman–Crippen LogP) is 7.55. The van der Waals surface area contributed by atoms with Crippen LogP contribution in [0, 0.1) is 0 Å². The molecule has 0 saturated carbocycles. The molecule has 0 saturated heterocycles. The van der Waals surface area contributed by atoms with Gasteiger partial charge in [0.25, 0.3) is 0 Å². The summed E-state index contributed by atoms with van der Waals surface area (Å²) in [5.74, 6) is -1.11. The molecule has 0 aromatic carbocycles. The van der Waals surface area contributed by atoms with Crippen molar-refractivity contribution in [1.82, 2.24) is 0 Å². The van der Waals surface area contributed by atoms with Crippen LogP contribution in [0.3, 0.4) is 0 Å². The molecule has 43 heavy (non-hydrogen) atoms. The third kappa shape index (κ3) is 30.8. The van der Waals surface area contributed by atoms with E-state index in [4.69, 9.17) is 19.1 Å². The lowest BCUT2D eigenvalue weighted by atomic mass is 10.0. The summed E-state index contributed by atoms with van der Waals surface area (Å²) >= 11 is 0. The fourth-order valence-electron chi connectivity index (χ4n) is 4.76. The van der Waals surface area contributed by atoms with Crippen molar-refractivity contribution in [2.24, 2.45) is 0 Å². The van der Waals surface area contributed by atoms with Crippen LogP contribution < -0.4 is 0 Å².